The average molecular weight is 427 g/mol. The molecule has 0 unspecified atom stereocenters. The van der Waals surface area contributed by atoms with Crippen molar-refractivity contribution in [3.05, 3.63) is 70.4 Å². The molecule has 3 aromatic rings. The molecule has 0 fully saturated rings. The highest BCUT2D eigenvalue weighted by Gasteiger charge is 2.23. The van der Waals surface area contributed by atoms with Gasteiger partial charge >= 0.3 is 5.97 Å². The molecule has 1 heterocycles. The van der Waals surface area contributed by atoms with Crippen molar-refractivity contribution in [2.24, 2.45) is 0 Å². The Hall–Kier alpha value is -3.19. The van der Waals surface area contributed by atoms with Gasteiger partial charge in [-0.1, -0.05) is 18.2 Å². The lowest BCUT2D eigenvalue weighted by atomic mass is 10.0. The van der Waals surface area contributed by atoms with Gasteiger partial charge in [0, 0.05) is 10.9 Å². The largest absolute Gasteiger partial charge is 0.484 e. The van der Waals surface area contributed by atoms with Crippen LogP contribution < -0.4 is 10.1 Å². The fourth-order valence-electron chi connectivity index (χ4n) is 2.81. The van der Waals surface area contributed by atoms with Gasteiger partial charge in [0.05, 0.1) is 6.61 Å². The van der Waals surface area contributed by atoms with Crippen molar-refractivity contribution in [3.63, 3.8) is 0 Å². The third-order valence-corrected chi connectivity index (χ3v) is 5.42. The molecule has 0 aliphatic rings. The van der Waals surface area contributed by atoms with Gasteiger partial charge in [-0.3, -0.25) is 4.79 Å². The molecule has 5 nitrogen and oxygen atoms in total. The summed E-state index contributed by atoms with van der Waals surface area (Å²) >= 11 is 1.20. The van der Waals surface area contributed by atoms with Crippen LogP contribution in [0.5, 0.6) is 5.75 Å². The van der Waals surface area contributed by atoms with E-state index in [9.17, 15) is 14.0 Å². The minimum atomic E-state index is -0.552. The Kier molecular flexibility index (Phi) is 6.84. The quantitative estimate of drug-likeness (QED) is 0.515. The van der Waals surface area contributed by atoms with E-state index in [-0.39, 0.29) is 24.6 Å². The number of rotatable bonds is 7. The highest BCUT2D eigenvalue weighted by atomic mass is 32.1. The molecule has 0 aliphatic heterocycles. The van der Waals surface area contributed by atoms with Crippen LogP contribution in [0.3, 0.4) is 0 Å². The molecule has 0 saturated carbocycles. The van der Waals surface area contributed by atoms with Crippen LogP contribution >= 0.6 is 11.3 Å². The summed E-state index contributed by atoms with van der Waals surface area (Å²) < 4.78 is 24.0. The first-order valence-electron chi connectivity index (χ1n) is 9.43. The van der Waals surface area contributed by atoms with E-state index in [1.165, 1.54) is 23.5 Å². The molecule has 0 bridgehead atoms. The highest BCUT2D eigenvalue weighted by Crippen LogP contribution is 2.36. The maximum Gasteiger partial charge on any atom is 0.341 e. The van der Waals surface area contributed by atoms with Crippen LogP contribution in [0, 0.1) is 19.7 Å². The van der Waals surface area contributed by atoms with E-state index < -0.39 is 11.9 Å². The summed E-state index contributed by atoms with van der Waals surface area (Å²) in [5.74, 6) is -0.726. The molecule has 0 spiro atoms. The molecule has 0 aliphatic carbocycles. The molecule has 0 radical (unpaired) electrons. The maximum atomic E-state index is 13.3. The van der Waals surface area contributed by atoms with Crippen LogP contribution in [0.4, 0.5) is 9.39 Å². The van der Waals surface area contributed by atoms with Gasteiger partial charge in [-0.25, -0.2) is 9.18 Å². The molecule has 1 amide bonds. The van der Waals surface area contributed by atoms with Crippen LogP contribution in [-0.2, 0) is 9.53 Å². The van der Waals surface area contributed by atoms with Gasteiger partial charge in [-0.05, 0) is 61.7 Å². The first-order valence-corrected chi connectivity index (χ1v) is 10.3. The van der Waals surface area contributed by atoms with Crippen molar-refractivity contribution < 1.29 is 23.5 Å². The third kappa shape index (κ3) is 5.04. The monoisotopic (exact) mass is 427 g/mol. The minimum Gasteiger partial charge on any atom is -0.484 e. The molecule has 3 rings (SSSR count). The molecule has 7 heteroatoms. The first kappa shape index (κ1) is 21.5. The molecule has 1 aromatic heterocycles. The number of ether oxygens (including phenoxy) is 2. The van der Waals surface area contributed by atoms with Crippen LogP contribution in [0.2, 0.25) is 0 Å². The van der Waals surface area contributed by atoms with Crippen molar-refractivity contribution in [2.45, 2.75) is 20.8 Å². The van der Waals surface area contributed by atoms with Crippen LogP contribution in [0.1, 0.15) is 28.4 Å². The topological polar surface area (TPSA) is 64.6 Å². The minimum absolute atomic E-state index is 0.195. The smallest absolute Gasteiger partial charge is 0.341 e. The first-order chi connectivity index (χ1) is 14.4. The van der Waals surface area contributed by atoms with Crippen molar-refractivity contribution in [2.75, 3.05) is 18.5 Å². The number of aryl methyl sites for hydroxylation is 2. The Bertz CT molecular complexity index is 1060. The average Bonchev–Trinajstić information content (AvgIpc) is 3.13. The second kappa shape index (κ2) is 9.54. The molecule has 0 atom stereocenters. The van der Waals surface area contributed by atoms with Gasteiger partial charge in [-0.15, -0.1) is 11.3 Å². The van der Waals surface area contributed by atoms with Crippen molar-refractivity contribution in [1.82, 2.24) is 0 Å². The summed E-state index contributed by atoms with van der Waals surface area (Å²) in [6.07, 6.45) is 0. The molecular formula is C23H22FNO4S. The van der Waals surface area contributed by atoms with E-state index in [1.807, 2.05) is 26.0 Å². The fraction of sp³-hybridized carbons (Fsp3) is 0.217. The number of thiophene rings is 1. The molecule has 0 saturated heterocycles. The predicted octanol–water partition coefficient (Wildman–Crippen LogP) is 5.37. The van der Waals surface area contributed by atoms with Gasteiger partial charge < -0.3 is 14.8 Å². The molecule has 30 heavy (non-hydrogen) atoms. The zero-order chi connectivity index (χ0) is 21.7. The van der Waals surface area contributed by atoms with Gasteiger partial charge in [0.1, 0.15) is 22.1 Å². The van der Waals surface area contributed by atoms with E-state index in [4.69, 9.17) is 9.47 Å². The van der Waals surface area contributed by atoms with Gasteiger partial charge in [-0.2, -0.15) is 0 Å². The molecule has 1 N–H and O–H groups in total. The van der Waals surface area contributed by atoms with Crippen LogP contribution in [-0.4, -0.2) is 25.1 Å². The van der Waals surface area contributed by atoms with E-state index in [1.54, 1.807) is 30.5 Å². The van der Waals surface area contributed by atoms with Crippen molar-refractivity contribution in [1.29, 1.82) is 0 Å². The number of hydrogen-bond donors (Lipinski definition) is 1. The van der Waals surface area contributed by atoms with Crippen molar-refractivity contribution in [3.8, 4) is 16.9 Å². The summed E-state index contributed by atoms with van der Waals surface area (Å²) in [4.78, 5) is 25.0. The van der Waals surface area contributed by atoms with Crippen LogP contribution in [0.15, 0.2) is 47.8 Å². The third-order valence-electron chi connectivity index (χ3n) is 4.53. The number of carbonyl (C=O) groups excluding carboxylic acids is 2. The summed E-state index contributed by atoms with van der Waals surface area (Å²) in [7, 11) is 0. The number of esters is 1. The second-order valence-electron chi connectivity index (χ2n) is 6.66. The normalized spacial score (nSPS) is 10.5. The SMILES string of the molecule is CCOC(=O)c1c(-c2ccc(F)cc2)csc1NC(=O)COc1ccc(C)c(C)c1. The van der Waals surface area contributed by atoms with Gasteiger partial charge in [0.15, 0.2) is 6.61 Å². The predicted molar refractivity (Wildman–Crippen MR) is 116 cm³/mol. The second-order valence-corrected chi connectivity index (χ2v) is 7.54. The van der Waals surface area contributed by atoms with Crippen LogP contribution in [0.25, 0.3) is 11.1 Å². The fourth-order valence-corrected chi connectivity index (χ4v) is 3.79. The Morgan fingerprint density at radius 2 is 1.80 bits per heavy atom. The van der Waals surface area contributed by atoms with Crippen molar-refractivity contribution >= 4 is 28.2 Å². The number of benzene rings is 2. The van der Waals surface area contributed by atoms with E-state index >= 15 is 0 Å². The number of nitrogens with one attached hydrogen (secondary N) is 1. The summed E-state index contributed by atoms with van der Waals surface area (Å²) in [5.41, 5.74) is 3.68. The van der Waals surface area contributed by atoms with E-state index in [0.717, 1.165) is 11.1 Å². The Labute approximate surface area is 178 Å². The molecule has 156 valence electrons. The summed E-state index contributed by atoms with van der Waals surface area (Å²) in [6, 6.07) is 11.4. The number of amides is 1. The summed E-state index contributed by atoms with van der Waals surface area (Å²) in [5, 5.41) is 4.83. The van der Waals surface area contributed by atoms with Gasteiger partial charge in [0.2, 0.25) is 0 Å². The van der Waals surface area contributed by atoms with Gasteiger partial charge in [0.25, 0.3) is 5.91 Å². The lowest BCUT2D eigenvalue weighted by Crippen LogP contribution is -2.21. The number of anilines is 1. The summed E-state index contributed by atoms with van der Waals surface area (Å²) in [6.45, 7) is 5.67. The number of halogens is 1. The maximum absolute atomic E-state index is 13.3. The Balaban J connectivity index is 1.78. The molecule has 2 aromatic carbocycles. The standard InChI is InChI=1S/C23H22FNO4S/c1-4-28-23(27)21-19(16-6-8-17(24)9-7-16)13-30-22(21)25-20(26)12-29-18-10-5-14(2)15(3)11-18/h5-11,13H,4,12H2,1-3H3,(H,25,26). The number of hydrogen-bond acceptors (Lipinski definition) is 5. The Morgan fingerprint density at radius 1 is 1.07 bits per heavy atom. The Morgan fingerprint density at radius 3 is 2.47 bits per heavy atom. The highest BCUT2D eigenvalue weighted by molar-refractivity contribution is 7.15. The lowest BCUT2D eigenvalue weighted by Gasteiger charge is -2.10. The van der Waals surface area contributed by atoms with E-state index in [2.05, 4.69) is 5.32 Å². The molecular weight excluding hydrogens is 405 g/mol. The van der Waals surface area contributed by atoms with E-state index in [0.29, 0.717) is 21.9 Å². The zero-order valence-corrected chi connectivity index (χ0v) is 17.8. The number of carbonyl (C=O) groups is 2. The zero-order valence-electron chi connectivity index (χ0n) is 17.0. The lowest BCUT2D eigenvalue weighted by molar-refractivity contribution is -0.118.